The number of aliphatic imine (C=N–C) groups is 1. The summed E-state index contributed by atoms with van der Waals surface area (Å²) in [5.41, 5.74) is 2.32. The summed E-state index contributed by atoms with van der Waals surface area (Å²) in [6, 6.07) is 6.26. The lowest BCUT2D eigenvalue weighted by Gasteiger charge is -2.18. The quantitative estimate of drug-likeness (QED) is 0.475. The summed E-state index contributed by atoms with van der Waals surface area (Å²) in [5, 5.41) is 3.32. The Morgan fingerprint density at radius 2 is 2.05 bits per heavy atom. The first-order valence-electron chi connectivity index (χ1n) is 7.17. The van der Waals surface area contributed by atoms with Gasteiger partial charge in [0.1, 0.15) is 5.75 Å². The molecule has 0 aromatic heterocycles. The molecule has 1 aromatic carbocycles. The Bertz CT molecular complexity index is 459. The van der Waals surface area contributed by atoms with Crippen LogP contribution in [0.15, 0.2) is 23.2 Å². The van der Waals surface area contributed by atoms with Gasteiger partial charge in [-0.15, -0.1) is 0 Å². The van der Waals surface area contributed by atoms with E-state index in [4.69, 9.17) is 9.47 Å². The minimum absolute atomic E-state index is 0.659. The molecular formula is C16H27N3O2. The number of methoxy groups -OCH3 is 1. The van der Waals surface area contributed by atoms with Crippen molar-refractivity contribution >= 4 is 5.96 Å². The van der Waals surface area contributed by atoms with Crippen molar-refractivity contribution < 1.29 is 9.47 Å². The van der Waals surface area contributed by atoms with Crippen LogP contribution in [-0.2, 0) is 11.3 Å². The topological polar surface area (TPSA) is 46.1 Å². The molecule has 0 atom stereocenters. The molecule has 0 saturated carbocycles. The number of aryl methyl sites for hydroxylation is 1. The highest BCUT2D eigenvalue weighted by atomic mass is 16.5. The van der Waals surface area contributed by atoms with Gasteiger partial charge in [0.25, 0.3) is 0 Å². The zero-order valence-corrected chi connectivity index (χ0v) is 13.8. The maximum Gasteiger partial charge on any atom is 0.193 e. The van der Waals surface area contributed by atoms with Crippen LogP contribution in [0.25, 0.3) is 0 Å². The lowest BCUT2D eigenvalue weighted by molar-refractivity contribution is 0.171. The van der Waals surface area contributed by atoms with E-state index in [0.29, 0.717) is 19.8 Å². The first kappa shape index (κ1) is 17.3. The third-order valence-electron chi connectivity index (χ3n) is 3.05. The van der Waals surface area contributed by atoms with Gasteiger partial charge in [-0.3, -0.25) is 4.99 Å². The Kier molecular flexibility index (Phi) is 7.61. The smallest absolute Gasteiger partial charge is 0.193 e. The average Bonchev–Trinajstić information content (AvgIpc) is 2.45. The van der Waals surface area contributed by atoms with Crippen LogP contribution in [0.2, 0.25) is 0 Å². The number of rotatable bonds is 7. The van der Waals surface area contributed by atoms with Gasteiger partial charge in [0, 0.05) is 53.4 Å². The van der Waals surface area contributed by atoms with E-state index in [1.807, 2.05) is 19.0 Å². The summed E-state index contributed by atoms with van der Waals surface area (Å²) in [6.45, 7) is 4.13. The van der Waals surface area contributed by atoms with E-state index in [1.54, 1.807) is 14.2 Å². The Morgan fingerprint density at radius 1 is 1.29 bits per heavy atom. The fraction of sp³-hybridized carbons (Fsp3) is 0.562. The molecule has 0 saturated heterocycles. The maximum atomic E-state index is 5.87. The van der Waals surface area contributed by atoms with E-state index in [-0.39, 0.29) is 0 Å². The highest BCUT2D eigenvalue weighted by Crippen LogP contribution is 2.20. The average molecular weight is 293 g/mol. The summed E-state index contributed by atoms with van der Waals surface area (Å²) < 4.78 is 10.9. The van der Waals surface area contributed by atoms with Crippen LogP contribution in [0.1, 0.15) is 17.5 Å². The molecule has 0 heterocycles. The SMILES string of the molecule is CN=C(NCc1ccc(C)cc1OCCCOC)N(C)C. The van der Waals surface area contributed by atoms with E-state index >= 15 is 0 Å². The van der Waals surface area contributed by atoms with Crippen LogP contribution in [0, 0.1) is 6.92 Å². The van der Waals surface area contributed by atoms with Crippen LogP contribution >= 0.6 is 0 Å². The molecular weight excluding hydrogens is 266 g/mol. The van der Waals surface area contributed by atoms with Gasteiger partial charge in [-0.05, 0) is 18.6 Å². The van der Waals surface area contributed by atoms with Crippen molar-refractivity contribution in [3.63, 3.8) is 0 Å². The minimum Gasteiger partial charge on any atom is -0.493 e. The molecule has 0 fully saturated rings. The number of ether oxygens (including phenoxy) is 2. The third-order valence-corrected chi connectivity index (χ3v) is 3.05. The molecule has 5 nitrogen and oxygen atoms in total. The molecule has 0 aliphatic heterocycles. The highest BCUT2D eigenvalue weighted by molar-refractivity contribution is 5.79. The van der Waals surface area contributed by atoms with Gasteiger partial charge in [0.15, 0.2) is 5.96 Å². The molecule has 1 N–H and O–H groups in total. The van der Waals surface area contributed by atoms with E-state index < -0.39 is 0 Å². The molecule has 1 aromatic rings. The minimum atomic E-state index is 0.659. The molecule has 0 aliphatic rings. The first-order chi connectivity index (χ1) is 10.1. The van der Waals surface area contributed by atoms with Crippen molar-refractivity contribution in [2.45, 2.75) is 19.9 Å². The summed E-state index contributed by atoms with van der Waals surface area (Å²) in [4.78, 5) is 6.16. The van der Waals surface area contributed by atoms with Crippen molar-refractivity contribution in [1.29, 1.82) is 0 Å². The molecule has 21 heavy (non-hydrogen) atoms. The predicted molar refractivity (Wildman–Crippen MR) is 87.1 cm³/mol. The van der Waals surface area contributed by atoms with E-state index in [0.717, 1.165) is 23.7 Å². The van der Waals surface area contributed by atoms with Crippen molar-refractivity contribution in [1.82, 2.24) is 10.2 Å². The summed E-state index contributed by atoms with van der Waals surface area (Å²) in [7, 11) is 7.41. The fourth-order valence-electron chi connectivity index (χ4n) is 1.94. The van der Waals surface area contributed by atoms with Gasteiger partial charge in [0.2, 0.25) is 0 Å². The fourth-order valence-corrected chi connectivity index (χ4v) is 1.94. The molecule has 1 rings (SSSR count). The van der Waals surface area contributed by atoms with E-state index in [1.165, 1.54) is 5.56 Å². The first-order valence-corrected chi connectivity index (χ1v) is 7.17. The molecule has 0 spiro atoms. The van der Waals surface area contributed by atoms with Crippen LogP contribution in [0.5, 0.6) is 5.75 Å². The molecule has 0 bridgehead atoms. The van der Waals surface area contributed by atoms with Gasteiger partial charge in [0.05, 0.1) is 6.61 Å². The van der Waals surface area contributed by atoms with E-state index in [9.17, 15) is 0 Å². The summed E-state index contributed by atoms with van der Waals surface area (Å²) >= 11 is 0. The van der Waals surface area contributed by atoms with Gasteiger partial charge >= 0.3 is 0 Å². The van der Waals surface area contributed by atoms with Crippen molar-refractivity contribution in [3.05, 3.63) is 29.3 Å². The standard InChI is InChI=1S/C16H27N3O2/c1-13-7-8-14(12-18-16(17-2)19(3)4)15(11-13)21-10-6-9-20-5/h7-8,11H,6,9-10,12H2,1-5H3,(H,17,18). The van der Waals surface area contributed by atoms with Crippen molar-refractivity contribution in [3.8, 4) is 5.75 Å². The Balaban J connectivity index is 2.67. The molecule has 0 amide bonds. The highest BCUT2D eigenvalue weighted by Gasteiger charge is 2.06. The molecule has 118 valence electrons. The Morgan fingerprint density at radius 3 is 2.67 bits per heavy atom. The zero-order chi connectivity index (χ0) is 15.7. The molecule has 0 aliphatic carbocycles. The van der Waals surface area contributed by atoms with Gasteiger partial charge in [-0.25, -0.2) is 0 Å². The Hall–Kier alpha value is -1.75. The van der Waals surface area contributed by atoms with Crippen molar-refractivity contribution in [2.75, 3.05) is 41.5 Å². The summed E-state index contributed by atoms with van der Waals surface area (Å²) in [5.74, 6) is 1.77. The monoisotopic (exact) mass is 293 g/mol. The molecule has 0 radical (unpaired) electrons. The third kappa shape index (κ3) is 6.04. The number of hydrogen-bond donors (Lipinski definition) is 1. The maximum absolute atomic E-state index is 5.87. The van der Waals surface area contributed by atoms with Crippen LogP contribution in [0.4, 0.5) is 0 Å². The number of nitrogens with one attached hydrogen (secondary N) is 1. The predicted octanol–water partition coefficient (Wildman–Crippen LogP) is 2.05. The van der Waals surface area contributed by atoms with Gasteiger partial charge in [-0.2, -0.15) is 0 Å². The number of guanidine groups is 1. The van der Waals surface area contributed by atoms with Crippen molar-refractivity contribution in [2.24, 2.45) is 4.99 Å². The second-order valence-electron chi connectivity index (χ2n) is 5.10. The van der Waals surface area contributed by atoms with Gasteiger partial charge in [-0.1, -0.05) is 12.1 Å². The summed E-state index contributed by atoms with van der Waals surface area (Å²) in [6.07, 6.45) is 0.886. The van der Waals surface area contributed by atoms with Gasteiger partial charge < -0.3 is 19.7 Å². The number of benzene rings is 1. The Labute approximate surface area is 128 Å². The zero-order valence-electron chi connectivity index (χ0n) is 13.8. The molecule has 0 unspecified atom stereocenters. The largest absolute Gasteiger partial charge is 0.493 e. The normalized spacial score (nSPS) is 11.4. The van der Waals surface area contributed by atoms with Crippen LogP contribution in [-0.4, -0.2) is 52.3 Å². The van der Waals surface area contributed by atoms with E-state index in [2.05, 4.69) is 35.4 Å². The lowest BCUT2D eigenvalue weighted by atomic mass is 10.1. The molecule has 5 heteroatoms. The second-order valence-corrected chi connectivity index (χ2v) is 5.10. The number of hydrogen-bond acceptors (Lipinski definition) is 3. The second kappa shape index (κ2) is 9.23. The number of nitrogens with zero attached hydrogens (tertiary/aromatic N) is 2. The van der Waals surface area contributed by atoms with Crippen LogP contribution < -0.4 is 10.1 Å². The van der Waals surface area contributed by atoms with Crippen LogP contribution in [0.3, 0.4) is 0 Å². The lowest BCUT2D eigenvalue weighted by Crippen LogP contribution is -2.35.